The van der Waals surface area contributed by atoms with Gasteiger partial charge >= 0.3 is 0 Å². The fourth-order valence-electron chi connectivity index (χ4n) is 5.41. The van der Waals surface area contributed by atoms with Gasteiger partial charge in [-0.2, -0.15) is 5.10 Å². The summed E-state index contributed by atoms with van der Waals surface area (Å²) >= 11 is 0. The summed E-state index contributed by atoms with van der Waals surface area (Å²) in [5, 5.41) is 8.07. The maximum atomic E-state index is 14.0. The van der Waals surface area contributed by atoms with Crippen LogP contribution in [0, 0.1) is 19.7 Å². The van der Waals surface area contributed by atoms with Crippen molar-refractivity contribution in [2.45, 2.75) is 45.2 Å². The molecule has 6 rings (SSSR count). The maximum absolute atomic E-state index is 14.0. The predicted octanol–water partition coefficient (Wildman–Crippen LogP) is 4.61. The van der Waals surface area contributed by atoms with Crippen molar-refractivity contribution < 1.29 is 14.0 Å². The fraction of sp³-hybridized carbons (Fsp3) is 0.321. The van der Waals surface area contributed by atoms with Gasteiger partial charge in [-0.15, -0.1) is 0 Å². The molecule has 36 heavy (non-hydrogen) atoms. The fourth-order valence-corrected chi connectivity index (χ4v) is 5.41. The Balaban J connectivity index is 1.26. The van der Waals surface area contributed by atoms with Crippen molar-refractivity contribution in [3.63, 3.8) is 0 Å². The number of hydrogen-bond donors (Lipinski definition) is 2. The Bertz CT molecular complexity index is 1510. The van der Waals surface area contributed by atoms with Crippen LogP contribution in [-0.2, 0) is 18.5 Å². The van der Waals surface area contributed by atoms with E-state index in [4.69, 9.17) is 0 Å². The Labute approximate surface area is 208 Å². The van der Waals surface area contributed by atoms with Crippen LogP contribution in [0.2, 0.25) is 0 Å². The molecule has 4 aromatic rings. The summed E-state index contributed by atoms with van der Waals surface area (Å²) in [6.45, 7) is 4.55. The summed E-state index contributed by atoms with van der Waals surface area (Å²) in [7, 11) is 1.85. The molecule has 3 heterocycles. The van der Waals surface area contributed by atoms with Crippen molar-refractivity contribution in [3.05, 3.63) is 87.6 Å². The highest BCUT2D eigenvalue weighted by atomic mass is 19.1. The largest absolute Gasteiger partial charge is 0.351 e. The Hall–Kier alpha value is -3.94. The summed E-state index contributed by atoms with van der Waals surface area (Å²) in [4.78, 5) is 33.7. The van der Waals surface area contributed by atoms with Gasteiger partial charge in [-0.3, -0.25) is 14.7 Å². The number of nitrogens with one attached hydrogen (secondary N) is 2. The van der Waals surface area contributed by atoms with Gasteiger partial charge in [0.2, 0.25) is 0 Å². The summed E-state index contributed by atoms with van der Waals surface area (Å²) in [5.41, 5.74) is 5.70. The number of H-pyrrole nitrogens is 2. The molecule has 0 bridgehead atoms. The van der Waals surface area contributed by atoms with E-state index in [1.165, 1.54) is 11.6 Å². The number of nitrogens with zero attached hydrogens (tertiary/aromatic N) is 3. The molecule has 0 saturated heterocycles. The summed E-state index contributed by atoms with van der Waals surface area (Å²) < 4.78 is 14.0. The van der Waals surface area contributed by atoms with Crippen molar-refractivity contribution in [1.82, 2.24) is 25.0 Å². The van der Waals surface area contributed by atoms with Gasteiger partial charge in [0.1, 0.15) is 17.2 Å². The lowest BCUT2D eigenvalue weighted by atomic mass is 10.00. The van der Waals surface area contributed by atoms with Crippen molar-refractivity contribution >= 4 is 22.7 Å². The zero-order chi connectivity index (χ0) is 25.2. The molecule has 1 aliphatic carbocycles. The molecule has 0 atom stereocenters. The Morgan fingerprint density at radius 3 is 2.58 bits per heavy atom. The van der Waals surface area contributed by atoms with E-state index in [9.17, 15) is 14.0 Å². The number of aromatic nitrogens is 3. The average Bonchev–Trinajstić information content (AvgIpc) is 3.39. The van der Waals surface area contributed by atoms with Gasteiger partial charge in [0.05, 0.1) is 17.8 Å². The van der Waals surface area contributed by atoms with Crippen molar-refractivity contribution in [3.8, 4) is 0 Å². The van der Waals surface area contributed by atoms with E-state index in [1.54, 1.807) is 24.0 Å². The number of carbonyl (C=O) groups excluding carboxylic acids is 2. The number of rotatable bonds is 4. The molecule has 2 aliphatic rings. The minimum absolute atomic E-state index is 0.118. The molecular weight excluding hydrogens is 457 g/mol. The van der Waals surface area contributed by atoms with Gasteiger partial charge in [-0.05, 0) is 56.0 Å². The molecule has 0 unspecified atom stereocenters. The van der Waals surface area contributed by atoms with Gasteiger partial charge in [-0.25, -0.2) is 4.39 Å². The van der Waals surface area contributed by atoms with Crippen LogP contribution >= 0.6 is 0 Å². The molecule has 0 radical (unpaired) electrons. The lowest BCUT2D eigenvalue weighted by molar-refractivity contribution is 0.0681. The van der Waals surface area contributed by atoms with Crippen LogP contribution in [0.5, 0.6) is 0 Å². The molecular formula is C28H28FN5O2. The first-order valence-electron chi connectivity index (χ1n) is 12.3. The first kappa shape index (κ1) is 22.5. The van der Waals surface area contributed by atoms with Gasteiger partial charge in [0, 0.05) is 36.5 Å². The van der Waals surface area contributed by atoms with E-state index < -0.39 is 0 Å². The lowest BCUT2D eigenvalue weighted by Crippen LogP contribution is -2.39. The number of benzene rings is 2. The number of carbonyl (C=O) groups is 2. The van der Waals surface area contributed by atoms with E-state index >= 15 is 0 Å². The molecule has 1 fully saturated rings. The van der Waals surface area contributed by atoms with Crippen molar-refractivity contribution in [2.75, 3.05) is 13.6 Å². The Morgan fingerprint density at radius 2 is 1.86 bits per heavy atom. The molecule has 2 N–H and O–H groups in total. The monoisotopic (exact) mass is 485 g/mol. The molecule has 2 aromatic heterocycles. The molecule has 0 spiro atoms. The number of amides is 2. The molecule has 1 saturated carbocycles. The maximum Gasteiger partial charge on any atom is 0.272 e. The normalized spacial score (nSPS) is 16.2. The molecule has 7 nitrogen and oxygen atoms in total. The predicted molar refractivity (Wildman–Crippen MR) is 134 cm³/mol. The summed E-state index contributed by atoms with van der Waals surface area (Å²) in [6, 6.07) is 13.1. The first-order valence-corrected chi connectivity index (χ1v) is 12.3. The highest BCUT2D eigenvalue weighted by molar-refractivity contribution is 5.99. The third-order valence-corrected chi connectivity index (χ3v) is 7.92. The molecule has 1 aliphatic heterocycles. The smallest absolute Gasteiger partial charge is 0.272 e. The highest BCUT2D eigenvalue weighted by Gasteiger charge is 2.50. The highest BCUT2D eigenvalue weighted by Crippen LogP contribution is 2.51. The van der Waals surface area contributed by atoms with Gasteiger partial charge in [0.25, 0.3) is 11.8 Å². The lowest BCUT2D eigenvalue weighted by Gasteiger charge is -2.30. The van der Waals surface area contributed by atoms with Crippen molar-refractivity contribution in [2.24, 2.45) is 0 Å². The van der Waals surface area contributed by atoms with E-state index in [0.29, 0.717) is 41.8 Å². The summed E-state index contributed by atoms with van der Waals surface area (Å²) in [6.07, 6.45) is 2.39. The van der Waals surface area contributed by atoms with Gasteiger partial charge in [0.15, 0.2) is 0 Å². The average molecular weight is 486 g/mol. The van der Waals surface area contributed by atoms with Gasteiger partial charge < -0.3 is 14.8 Å². The molecule has 184 valence electrons. The van der Waals surface area contributed by atoms with Crippen LogP contribution in [0.3, 0.4) is 0 Å². The number of fused-ring (bicyclic) bond motifs is 2. The SMILES string of the molecule is Cc1ccc(C2(N(C)C(=O)c3[nH]nc4c3CN(C(=O)c3cc5c(C)c(F)ccc5[nH]3)CC4)CC2)cc1. The van der Waals surface area contributed by atoms with Gasteiger partial charge in [-0.1, -0.05) is 29.8 Å². The van der Waals surface area contributed by atoms with Crippen molar-refractivity contribution in [1.29, 1.82) is 0 Å². The van der Waals surface area contributed by atoms with Crippen LogP contribution in [0.25, 0.3) is 10.9 Å². The topological polar surface area (TPSA) is 85.1 Å². The standard InChI is InChI=1S/C28H28FN5O2/c1-16-4-6-18(7-5-16)28(11-12-28)33(3)27(36)25-20-15-34(13-10-23(20)31-32-25)26(35)24-14-19-17(2)21(29)8-9-22(19)30-24/h4-9,14,30H,10-13,15H2,1-3H3,(H,31,32). The van der Waals surface area contributed by atoms with Crippen LogP contribution in [0.1, 0.15) is 61.8 Å². The summed E-state index contributed by atoms with van der Waals surface area (Å²) in [5.74, 6) is -0.594. The van der Waals surface area contributed by atoms with Crippen LogP contribution in [0.15, 0.2) is 42.5 Å². The van der Waals surface area contributed by atoms with E-state index in [1.807, 2.05) is 11.9 Å². The Morgan fingerprint density at radius 1 is 1.11 bits per heavy atom. The molecule has 2 amide bonds. The number of hydrogen-bond acceptors (Lipinski definition) is 3. The van der Waals surface area contributed by atoms with Crippen LogP contribution in [0.4, 0.5) is 4.39 Å². The minimum atomic E-state index is -0.301. The quantitative estimate of drug-likeness (QED) is 0.443. The molecule has 8 heteroatoms. The number of aryl methyl sites for hydroxylation is 2. The second-order valence-corrected chi connectivity index (χ2v) is 10.1. The van der Waals surface area contributed by atoms with E-state index in [2.05, 4.69) is 46.4 Å². The zero-order valence-corrected chi connectivity index (χ0v) is 20.6. The third-order valence-electron chi connectivity index (χ3n) is 7.92. The van der Waals surface area contributed by atoms with Crippen LogP contribution < -0.4 is 0 Å². The minimum Gasteiger partial charge on any atom is -0.351 e. The Kier molecular flexibility index (Phi) is 5.03. The number of aromatic amines is 2. The van der Waals surface area contributed by atoms with Crippen LogP contribution in [-0.4, -0.2) is 50.4 Å². The molecule has 2 aromatic carbocycles. The second-order valence-electron chi connectivity index (χ2n) is 10.1. The first-order chi connectivity index (χ1) is 17.3. The number of halogens is 1. The second kappa shape index (κ2) is 8.05. The zero-order valence-electron chi connectivity index (χ0n) is 20.6. The van der Waals surface area contributed by atoms with E-state index in [0.717, 1.165) is 35.2 Å². The third kappa shape index (κ3) is 3.43. The van der Waals surface area contributed by atoms with E-state index in [-0.39, 0.29) is 23.2 Å².